The molecule has 0 spiro atoms. The standard InChI is InChI=1S/C24H22ClN3O5S/c1-14-9-15(2)23(16(3)10-14)27(17(4)29)24-26-19(13-34-24)12-33-22(30)8-6-18-5-7-20(25)21(11-18)28(31)32/h5-11,13H,12H2,1-4H3/b8-6+. The van der Waals surface area contributed by atoms with Crippen molar-refractivity contribution in [3.8, 4) is 0 Å². The molecule has 0 atom stereocenters. The Morgan fingerprint density at radius 3 is 2.50 bits per heavy atom. The summed E-state index contributed by atoms with van der Waals surface area (Å²) in [5.41, 5.74) is 4.50. The summed E-state index contributed by atoms with van der Waals surface area (Å²) < 4.78 is 5.23. The van der Waals surface area contributed by atoms with Crippen LogP contribution in [0.4, 0.5) is 16.5 Å². The third-order valence-corrected chi connectivity index (χ3v) is 6.04. The van der Waals surface area contributed by atoms with Gasteiger partial charge in [-0.05, 0) is 49.6 Å². The van der Waals surface area contributed by atoms with Gasteiger partial charge in [0.2, 0.25) is 5.91 Å². The van der Waals surface area contributed by atoms with Gasteiger partial charge >= 0.3 is 5.97 Å². The summed E-state index contributed by atoms with van der Waals surface area (Å²) in [6, 6.07) is 8.23. The average molecular weight is 500 g/mol. The van der Waals surface area contributed by atoms with Crippen LogP contribution in [0.5, 0.6) is 0 Å². The number of thiazole rings is 1. The lowest BCUT2D eigenvalue weighted by Crippen LogP contribution is -2.24. The fourth-order valence-electron chi connectivity index (χ4n) is 3.51. The van der Waals surface area contributed by atoms with Crippen molar-refractivity contribution >= 4 is 57.4 Å². The van der Waals surface area contributed by atoms with Crippen LogP contribution >= 0.6 is 22.9 Å². The zero-order valence-electron chi connectivity index (χ0n) is 19.0. The van der Waals surface area contributed by atoms with Crippen LogP contribution in [0.25, 0.3) is 6.08 Å². The number of aromatic nitrogens is 1. The van der Waals surface area contributed by atoms with Gasteiger partial charge in [-0.25, -0.2) is 9.78 Å². The van der Waals surface area contributed by atoms with Gasteiger partial charge in [0.15, 0.2) is 5.13 Å². The topological polar surface area (TPSA) is 103 Å². The Labute approximate surface area is 205 Å². The molecule has 0 N–H and O–H groups in total. The third kappa shape index (κ3) is 5.86. The molecule has 0 aliphatic carbocycles. The highest BCUT2D eigenvalue weighted by molar-refractivity contribution is 7.14. The lowest BCUT2D eigenvalue weighted by atomic mass is 10.0. The van der Waals surface area contributed by atoms with Crippen molar-refractivity contribution in [3.63, 3.8) is 0 Å². The van der Waals surface area contributed by atoms with E-state index in [0.717, 1.165) is 22.4 Å². The van der Waals surface area contributed by atoms with E-state index in [1.54, 1.807) is 16.3 Å². The number of aryl methyl sites for hydroxylation is 3. The molecule has 0 radical (unpaired) electrons. The van der Waals surface area contributed by atoms with Crippen molar-refractivity contribution < 1.29 is 19.2 Å². The van der Waals surface area contributed by atoms with Gasteiger partial charge in [-0.2, -0.15) is 0 Å². The van der Waals surface area contributed by atoms with Crippen molar-refractivity contribution in [2.75, 3.05) is 4.90 Å². The molecule has 1 aromatic heterocycles. The fourth-order valence-corrected chi connectivity index (χ4v) is 4.55. The average Bonchev–Trinajstić information content (AvgIpc) is 3.21. The van der Waals surface area contributed by atoms with E-state index in [1.165, 1.54) is 42.5 Å². The summed E-state index contributed by atoms with van der Waals surface area (Å²) in [5.74, 6) is -0.811. The van der Waals surface area contributed by atoms with Gasteiger partial charge in [0.1, 0.15) is 11.6 Å². The Morgan fingerprint density at radius 1 is 1.21 bits per heavy atom. The number of halogens is 1. The van der Waals surface area contributed by atoms with E-state index in [-0.39, 0.29) is 23.2 Å². The summed E-state index contributed by atoms with van der Waals surface area (Å²) in [6.07, 6.45) is 2.57. The number of esters is 1. The molecule has 3 rings (SSSR count). The Bertz CT molecular complexity index is 1280. The highest BCUT2D eigenvalue weighted by atomic mass is 35.5. The maximum atomic E-state index is 12.5. The maximum Gasteiger partial charge on any atom is 0.331 e. The van der Waals surface area contributed by atoms with Crippen molar-refractivity contribution in [1.82, 2.24) is 4.98 Å². The van der Waals surface area contributed by atoms with Crippen LogP contribution in [-0.2, 0) is 20.9 Å². The number of nitrogens with zero attached hydrogens (tertiary/aromatic N) is 3. The molecule has 8 nitrogen and oxygen atoms in total. The number of carbonyl (C=O) groups is 2. The molecule has 3 aromatic rings. The largest absolute Gasteiger partial charge is 0.456 e. The molecular formula is C24H22ClN3O5S. The van der Waals surface area contributed by atoms with Crippen molar-refractivity contribution in [2.45, 2.75) is 34.3 Å². The highest BCUT2D eigenvalue weighted by Crippen LogP contribution is 2.34. The van der Waals surface area contributed by atoms with Gasteiger partial charge in [-0.1, -0.05) is 35.4 Å². The van der Waals surface area contributed by atoms with Crippen molar-refractivity contribution in [3.05, 3.63) is 84.9 Å². The normalized spacial score (nSPS) is 11.0. The molecule has 2 aromatic carbocycles. The van der Waals surface area contributed by atoms with Gasteiger partial charge in [-0.3, -0.25) is 19.8 Å². The number of ether oxygens (including phenoxy) is 1. The summed E-state index contributed by atoms with van der Waals surface area (Å²) in [5, 5.41) is 13.2. The minimum Gasteiger partial charge on any atom is -0.456 e. The van der Waals surface area contributed by atoms with Gasteiger partial charge < -0.3 is 4.74 Å². The number of rotatable bonds is 7. The maximum absolute atomic E-state index is 12.5. The summed E-state index contributed by atoms with van der Waals surface area (Å²) in [4.78, 5) is 41.0. The van der Waals surface area contributed by atoms with Gasteiger partial charge in [0.05, 0.1) is 16.3 Å². The second kappa shape index (κ2) is 10.6. The minimum atomic E-state index is -0.638. The van der Waals surface area contributed by atoms with Crippen LogP contribution in [0, 0.1) is 30.9 Å². The smallest absolute Gasteiger partial charge is 0.331 e. The second-order valence-electron chi connectivity index (χ2n) is 7.63. The van der Waals surface area contributed by atoms with E-state index in [0.29, 0.717) is 16.4 Å². The lowest BCUT2D eigenvalue weighted by molar-refractivity contribution is -0.384. The molecule has 0 aliphatic rings. The number of amides is 1. The SMILES string of the molecule is CC(=O)N(c1nc(COC(=O)/C=C/c2ccc(Cl)c([N+](=O)[O-])c2)cs1)c1c(C)cc(C)cc1C. The van der Waals surface area contributed by atoms with Gasteiger partial charge in [0, 0.05) is 24.4 Å². The number of nitro benzene ring substituents is 1. The fraction of sp³-hybridized carbons (Fsp3) is 0.208. The van der Waals surface area contributed by atoms with E-state index >= 15 is 0 Å². The molecular weight excluding hydrogens is 478 g/mol. The van der Waals surface area contributed by atoms with Crippen molar-refractivity contribution in [2.24, 2.45) is 0 Å². The van der Waals surface area contributed by atoms with E-state index in [9.17, 15) is 19.7 Å². The molecule has 34 heavy (non-hydrogen) atoms. The molecule has 0 saturated carbocycles. The van der Waals surface area contributed by atoms with Crippen LogP contribution < -0.4 is 4.90 Å². The van der Waals surface area contributed by atoms with E-state index in [2.05, 4.69) is 4.98 Å². The highest BCUT2D eigenvalue weighted by Gasteiger charge is 2.22. The first-order valence-electron chi connectivity index (χ1n) is 10.2. The zero-order valence-corrected chi connectivity index (χ0v) is 20.6. The van der Waals surface area contributed by atoms with Crippen LogP contribution in [-0.4, -0.2) is 21.8 Å². The Hall–Kier alpha value is -3.56. The van der Waals surface area contributed by atoms with Gasteiger partial charge in [-0.15, -0.1) is 11.3 Å². The van der Waals surface area contributed by atoms with Crippen molar-refractivity contribution in [1.29, 1.82) is 0 Å². The zero-order chi connectivity index (χ0) is 25.0. The predicted molar refractivity (Wildman–Crippen MR) is 133 cm³/mol. The molecule has 1 amide bonds. The second-order valence-corrected chi connectivity index (χ2v) is 8.88. The van der Waals surface area contributed by atoms with Gasteiger partial charge in [0.25, 0.3) is 5.69 Å². The quantitative estimate of drug-likeness (QED) is 0.169. The number of anilines is 2. The predicted octanol–water partition coefficient (Wildman–Crippen LogP) is 6.07. The molecule has 0 aliphatic heterocycles. The van der Waals surface area contributed by atoms with E-state index < -0.39 is 10.9 Å². The summed E-state index contributed by atoms with van der Waals surface area (Å²) in [6.45, 7) is 7.29. The first-order valence-corrected chi connectivity index (χ1v) is 11.4. The first kappa shape index (κ1) is 25.1. The Balaban J connectivity index is 1.70. The number of nitro groups is 1. The number of benzene rings is 2. The van der Waals surface area contributed by atoms with E-state index in [1.807, 2.05) is 32.9 Å². The molecule has 0 fully saturated rings. The monoisotopic (exact) mass is 499 g/mol. The molecule has 0 unspecified atom stereocenters. The van der Waals surface area contributed by atoms with Crippen LogP contribution in [0.1, 0.15) is 34.9 Å². The Kier molecular flexibility index (Phi) is 7.80. The summed E-state index contributed by atoms with van der Waals surface area (Å²) >= 11 is 7.07. The van der Waals surface area contributed by atoms with Crippen LogP contribution in [0.15, 0.2) is 41.8 Å². The summed E-state index contributed by atoms with van der Waals surface area (Å²) in [7, 11) is 0. The number of hydrogen-bond donors (Lipinski definition) is 0. The number of carbonyl (C=O) groups excluding carboxylic acids is 2. The van der Waals surface area contributed by atoms with Crippen LogP contribution in [0.2, 0.25) is 5.02 Å². The Morgan fingerprint density at radius 2 is 1.88 bits per heavy atom. The third-order valence-electron chi connectivity index (χ3n) is 4.85. The molecule has 1 heterocycles. The lowest BCUT2D eigenvalue weighted by Gasteiger charge is -2.23. The molecule has 10 heteroatoms. The minimum absolute atomic E-state index is 0.0136. The molecule has 0 saturated heterocycles. The molecule has 176 valence electrons. The number of hydrogen-bond acceptors (Lipinski definition) is 7. The first-order chi connectivity index (χ1) is 16.1. The van der Waals surface area contributed by atoms with E-state index in [4.69, 9.17) is 16.3 Å². The van der Waals surface area contributed by atoms with Crippen LogP contribution in [0.3, 0.4) is 0 Å². The molecule has 0 bridgehead atoms.